The van der Waals surface area contributed by atoms with Crippen LogP contribution in [0.25, 0.3) is 6.08 Å². The molecule has 0 saturated carbocycles. The molecule has 21 heavy (non-hydrogen) atoms. The van der Waals surface area contributed by atoms with E-state index in [9.17, 15) is 9.59 Å². The van der Waals surface area contributed by atoms with E-state index >= 15 is 0 Å². The molecule has 0 N–H and O–H groups in total. The molecule has 1 aromatic carbocycles. The normalized spacial score (nSPS) is 15.0. The molecule has 1 aliphatic rings. The van der Waals surface area contributed by atoms with E-state index in [1.54, 1.807) is 26.4 Å². The first-order valence-corrected chi connectivity index (χ1v) is 6.53. The first kappa shape index (κ1) is 15.1. The van der Waals surface area contributed by atoms with E-state index in [4.69, 9.17) is 14.3 Å². The predicted octanol–water partition coefficient (Wildman–Crippen LogP) is 1.80. The van der Waals surface area contributed by atoms with E-state index in [0.717, 1.165) is 10.6 Å². The summed E-state index contributed by atoms with van der Waals surface area (Å²) in [5.74, 6) is 0.698. The van der Waals surface area contributed by atoms with Gasteiger partial charge in [-0.15, -0.1) is 0 Å². The van der Waals surface area contributed by atoms with Crippen LogP contribution < -0.4 is 9.47 Å². The van der Waals surface area contributed by atoms with Gasteiger partial charge in [-0.1, -0.05) is 18.2 Å². The number of hydroxylamine groups is 2. The number of hydrogen-bond acceptors (Lipinski definition) is 5. The Morgan fingerprint density at radius 3 is 2.38 bits per heavy atom. The van der Waals surface area contributed by atoms with E-state index < -0.39 is 0 Å². The van der Waals surface area contributed by atoms with Crippen LogP contribution in [-0.2, 0) is 14.4 Å². The van der Waals surface area contributed by atoms with Gasteiger partial charge in [-0.25, -0.2) is 0 Å². The number of carbonyl (C=O) groups is 2. The van der Waals surface area contributed by atoms with Crippen LogP contribution in [0.15, 0.2) is 24.3 Å². The number of nitrogens with zero attached hydrogens (tertiary/aromatic N) is 1. The summed E-state index contributed by atoms with van der Waals surface area (Å²) >= 11 is 0. The average Bonchev–Trinajstić information content (AvgIpc) is 2.82. The van der Waals surface area contributed by atoms with Gasteiger partial charge in [-0.3, -0.25) is 14.4 Å². The van der Waals surface area contributed by atoms with Crippen molar-refractivity contribution in [1.82, 2.24) is 5.06 Å². The highest BCUT2D eigenvalue weighted by Gasteiger charge is 2.29. The third kappa shape index (κ3) is 3.61. The third-order valence-corrected chi connectivity index (χ3v) is 3.02. The summed E-state index contributed by atoms with van der Waals surface area (Å²) in [6.07, 6.45) is 3.98. The molecule has 1 saturated heterocycles. The maximum atomic E-state index is 11.3. The summed E-state index contributed by atoms with van der Waals surface area (Å²) in [7, 11) is 3.14. The maximum absolute atomic E-state index is 11.3. The van der Waals surface area contributed by atoms with E-state index in [1.807, 2.05) is 18.2 Å². The van der Waals surface area contributed by atoms with Gasteiger partial charge >= 0.3 is 0 Å². The van der Waals surface area contributed by atoms with E-state index in [0.29, 0.717) is 11.5 Å². The van der Waals surface area contributed by atoms with Crippen LogP contribution in [0.5, 0.6) is 11.5 Å². The van der Waals surface area contributed by atoms with Gasteiger partial charge in [0.15, 0.2) is 11.5 Å². The maximum Gasteiger partial charge on any atom is 0.254 e. The number of rotatable bonds is 6. The molecule has 0 atom stereocenters. The summed E-state index contributed by atoms with van der Waals surface area (Å²) in [6, 6.07) is 5.48. The molecule has 0 spiro atoms. The Hall–Kier alpha value is -2.34. The molecule has 1 aliphatic heterocycles. The lowest BCUT2D eigenvalue weighted by Gasteiger charge is -2.11. The number of benzene rings is 1. The molecule has 0 aromatic heterocycles. The number of methoxy groups -OCH3 is 2. The second-order valence-corrected chi connectivity index (χ2v) is 4.39. The molecular formula is C15H17NO5. The molecule has 0 radical (unpaired) electrons. The fraction of sp³-hybridized carbons (Fsp3) is 0.333. The number of hydrogen-bond donors (Lipinski definition) is 0. The van der Waals surface area contributed by atoms with Gasteiger partial charge in [0, 0.05) is 12.8 Å². The van der Waals surface area contributed by atoms with Crippen molar-refractivity contribution < 1.29 is 23.9 Å². The Kier molecular flexibility index (Phi) is 4.94. The molecule has 1 heterocycles. The van der Waals surface area contributed by atoms with Crippen molar-refractivity contribution in [3.63, 3.8) is 0 Å². The van der Waals surface area contributed by atoms with Gasteiger partial charge in [-0.2, -0.15) is 5.06 Å². The zero-order valence-corrected chi connectivity index (χ0v) is 12.0. The second-order valence-electron chi connectivity index (χ2n) is 4.39. The highest BCUT2D eigenvalue weighted by Crippen LogP contribution is 2.27. The van der Waals surface area contributed by atoms with Crippen molar-refractivity contribution in [2.45, 2.75) is 12.8 Å². The van der Waals surface area contributed by atoms with Crippen molar-refractivity contribution >= 4 is 17.9 Å². The molecule has 0 bridgehead atoms. The highest BCUT2D eigenvalue weighted by molar-refractivity contribution is 6.00. The van der Waals surface area contributed by atoms with Crippen molar-refractivity contribution in [2.75, 3.05) is 20.8 Å². The minimum atomic E-state index is -0.292. The zero-order chi connectivity index (χ0) is 15.2. The third-order valence-electron chi connectivity index (χ3n) is 3.02. The van der Waals surface area contributed by atoms with Crippen LogP contribution in [0.1, 0.15) is 18.4 Å². The molecule has 6 heteroatoms. The molecule has 2 rings (SSSR count). The molecule has 6 nitrogen and oxygen atoms in total. The fourth-order valence-electron chi connectivity index (χ4n) is 1.96. The predicted molar refractivity (Wildman–Crippen MR) is 75.6 cm³/mol. The van der Waals surface area contributed by atoms with Crippen LogP contribution in [0.3, 0.4) is 0 Å². The molecule has 1 fully saturated rings. The Morgan fingerprint density at radius 2 is 1.76 bits per heavy atom. The Bertz CT molecular complexity index is 551. The molecular weight excluding hydrogens is 274 g/mol. The number of imide groups is 1. The summed E-state index contributed by atoms with van der Waals surface area (Å²) in [4.78, 5) is 27.8. The van der Waals surface area contributed by atoms with Crippen molar-refractivity contribution in [2.24, 2.45) is 0 Å². The lowest BCUT2D eigenvalue weighted by atomic mass is 10.2. The Morgan fingerprint density at radius 1 is 1.10 bits per heavy atom. The van der Waals surface area contributed by atoms with Crippen LogP contribution in [0, 0.1) is 0 Å². The molecule has 0 unspecified atom stereocenters. The molecule has 0 aliphatic carbocycles. The summed E-state index contributed by atoms with van der Waals surface area (Å²) in [6.45, 7) is 0.145. The molecule has 2 amide bonds. The average molecular weight is 291 g/mol. The zero-order valence-electron chi connectivity index (χ0n) is 12.0. The first-order chi connectivity index (χ1) is 10.2. The van der Waals surface area contributed by atoms with E-state index in [2.05, 4.69) is 0 Å². The summed E-state index contributed by atoms with van der Waals surface area (Å²) < 4.78 is 10.4. The molecule has 1 aromatic rings. The second kappa shape index (κ2) is 6.90. The van der Waals surface area contributed by atoms with E-state index in [1.165, 1.54) is 0 Å². The largest absolute Gasteiger partial charge is 0.493 e. The lowest BCUT2D eigenvalue weighted by Crippen LogP contribution is -2.29. The topological polar surface area (TPSA) is 65.1 Å². The van der Waals surface area contributed by atoms with E-state index in [-0.39, 0.29) is 31.3 Å². The van der Waals surface area contributed by atoms with Crippen molar-refractivity contribution in [1.29, 1.82) is 0 Å². The van der Waals surface area contributed by atoms with Gasteiger partial charge in [-0.05, 0) is 17.7 Å². The Labute approximate surface area is 122 Å². The van der Waals surface area contributed by atoms with Crippen molar-refractivity contribution in [3.05, 3.63) is 29.8 Å². The monoisotopic (exact) mass is 291 g/mol. The lowest BCUT2D eigenvalue weighted by molar-refractivity contribution is -0.184. The summed E-state index contributed by atoms with van der Waals surface area (Å²) in [5, 5.41) is 0.832. The minimum absolute atomic E-state index is 0.145. The number of ether oxygens (including phenoxy) is 2. The van der Waals surface area contributed by atoms with Gasteiger partial charge in [0.1, 0.15) is 0 Å². The van der Waals surface area contributed by atoms with Gasteiger partial charge in [0.2, 0.25) is 0 Å². The first-order valence-electron chi connectivity index (χ1n) is 6.53. The van der Waals surface area contributed by atoms with Crippen LogP contribution in [-0.4, -0.2) is 37.7 Å². The van der Waals surface area contributed by atoms with Crippen LogP contribution in [0.4, 0.5) is 0 Å². The van der Waals surface area contributed by atoms with Crippen molar-refractivity contribution in [3.8, 4) is 11.5 Å². The SMILES string of the molecule is COc1ccc(/C=C/CON2C(=O)CCC2=O)cc1OC. The van der Waals surface area contributed by atoms with Gasteiger partial charge < -0.3 is 9.47 Å². The quantitative estimate of drug-likeness (QED) is 0.748. The minimum Gasteiger partial charge on any atom is -0.493 e. The van der Waals surface area contributed by atoms with Gasteiger partial charge in [0.25, 0.3) is 11.8 Å². The molecule has 112 valence electrons. The van der Waals surface area contributed by atoms with Gasteiger partial charge in [0.05, 0.1) is 20.8 Å². The van der Waals surface area contributed by atoms with Crippen LogP contribution in [0.2, 0.25) is 0 Å². The number of amides is 2. The fourth-order valence-corrected chi connectivity index (χ4v) is 1.96. The Balaban J connectivity index is 1.92. The standard InChI is InChI=1S/C15H17NO5/c1-19-12-6-5-11(10-13(12)20-2)4-3-9-21-16-14(17)7-8-15(16)18/h3-6,10H,7-9H2,1-2H3/b4-3+. The number of carbonyl (C=O) groups excluding carboxylic acids is 2. The smallest absolute Gasteiger partial charge is 0.254 e. The summed E-state index contributed by atoms with van der Waals surface area (Å²) in [5.41, 5.74) is 0.898. The highest BCUT2D eigenvalue weighted by atomic mass is 16.7. The van der Waals surface area contributed by atoms with Crippen LogP contribution >= 0.6 is 0 Å².